The monoisotopic (exact) mass is 582 g/mol. The van der Waals surface area contributed by atoms with Gasteiger partial charge in [0.05, 0.1) is 44.3 Å². The fourth-order valence-corrected chi connectivity index (χ4v) is 6.38. The molecule has 1 aliphatic carbocycles. The summed E-state index contributed by atoms with van der Waals surface area (Å²) in [5.41, 5.74) is 3.89. The highest BCUT2D eigenvalue weighted by molar-refractivity contribution is 6.42. The van der Waals surface area contributed by atoms with Crippen LogP contribution in [0.15, 0.2) is 97.1 Å². The summed E-state index contributed by atoms with van der Waals surface area (Å²) in [6, 6.07) is 28.9. The highest BCUT2D eigenvalue weighted by Gasteiger charge is 2.50. The van der Waals surface area contributed by atoms with Crippen LogP contribution in [0.3, 0.4) is 0 Å². The molecule has 0 bridgehead atoms. The minimum atomic E-state index is -1.10. The van der Waals surface area contributed by atoms with Gasteiger partial charge in [0.2, 0.25) is 0 Å². The maximum Gasteiger partial charge on any atom is 0.311 e. The third-order valence-electron chi connectivity index (χ3n) is 7.96. The van der Waals surface area contributed by atoms with Crippen molar-refractivity contribution in [1.29, 1.82) is 0 Å². The predicted octanol–water partition coefficient (Wildman–Crippen LogP) is 7.72. The number of carboxylic acid groups (broad SMARTS) is 2. The fraction of sp³-hybridized carbons (Fsp3) is 0.152. The lowest BCUT2D eigenvalue weighted by molar-refractivity contribution is -0.139. The molecule has 204 valence electrons. The Hall–Kier alpha value is -4.26. The van der Waals surface area contributed by atoms with E-state index < -0.39 is 29.2 Å². The average Bonchev–Trinajstić information content (AvgIpc) is 3.23. The number of rotatable bonds is 8. The Labute approximate surface area is 246 Å². The topological polar surface area (TPSA) is 100 Å². The molecule has 0 fully saturated rings. The minimum Gasteiger partial charge on any atom is -0.481 e. The molecule has 6 rings (SSSR count). The molecule has 6 nitrogen and oxygen atoms in total. The first-order valence-corrected chi connectivity index (χ1v) is 13.9. The van der Waals surface area contributed by atoms with E-state index in [1.807, 2.05) is 36.4 Å². The Balaban J connectivity index is 1.65. The van der Waals surface area contributed by atoms with E-state index >= 15 is 0 Å². The van der Waals surface area contributed by atoms with E-state index in [0.717, 1.165) is 11.1 Å². The number of fused-ring (bicyclic) bond motifs is 4. The fourth-order valence-electron chi connectivity index (χ4n) is 6.07. The van der Waals surface area contributed by atoms with E-state index in [4.69, 9.17) is 33.2 Å². The summed E-state index contributed by atoms with van der Waals surface area (Å²) in [5, 5.41) is 21.7. The van der Waals surface area contributed by atoms with E-state index in [0.29, 0.717) is 43.6 Å². The van der Waals surface area contributed by atoms with Gasteiger partial charge in [-0.05, 0) is 41.7 Å². The van der Waals surface area contributed by atoms with Gasteiger partial charge in [-0.3, -0.25) is 9.59 Å². The molecule has 0 radical (unpaired) electrons. The molecular formula is C33H24Cl2N2O4. The van der Waals surface area contributed by atoms with Crippen molar-refractivity contribution >= 4 is 46.2 Å². The van der Waals surface area contributed by atoms with Crippen molar-refractivity contribution in [2.45, 2.75) is 30.1 Å². The van der Waals surface area contributed by atoms with Crippen LogP contribution in [0, 0.1) is 0 Å². The van der Waals surface area contributed by atoms with Gasteiger partial charge in [0.1, 0.15) is 0 Å². The summed E-state index contributed by atoms with van der Waals surface area (Å²) in [6.07, 6.45) is 0.156. The third kappa shape index (κ3) is 4.73. The number of nitrogens with zero attached hydrogens (tertiary/aromatic N) is 2. The molecule has 0 saturated heterocycles. The van der Waals surface area contributed by atoms with Crippen LogP contribution in [-0.4, -0.2) is 32.1 Å². The van der Waals surface area contributed by atoms with Crippen molar-refractivity contribution < 1.29 is 19.8 Å². The first kappa shape index (κ1) is 26.9. The van der Waals surface area contributed by atoms with Crippen LogP contribution in [-0.2, 0) is 15.0 Å². The molecule has 2 atom stereocenters. The molecule has 0 aliphatic heterocycles. The van der Waals surface area contributed by atoms with Crippen LogP contribution in [0.4, 0.5) is 0 Å². The van der Waals surface area contributed by atoms with Gasteiger partial charge >= 0.3 is 11.9 Å². The minimum absolute atomic E-state index is 0.0779. The van der Waals surface area contributed by atoms with Gasteiger partial charge in [-0.15, -0.1) is 0 Å². The van der Waals surface area contributed by atoms with Gasteiger partial charge in [0.25, 0.3) is 0 Å². The maximum atomic E-state index is 12.9. The number of halogens is 2. The first-order chi connectivity index (χ1) is 19.8. The van der Waals surface area contributed by atoms with Gasteiger partial charge < -0.3 is 10.2 Å². The molecule has 0 spiro atoms. The number of hydrogen-bond acceptors (Lipinski definition) is 4. The van der Waals surface area contributed by atoms with Crippen LogP contribution in [0.25, 0.3) is 22.3 Å². The Morgan fingerprint density at radius 2 is 1.15 bits per heavy atom. The normalized spacial score (nSPS) is 17.0. The number of carbonyl (C=O) groups is 2. The van der Waals surface area contributed by atoms with E-state index in [1.165, 1.54) is 0 Å². The molecule has 2 N–H and O–H groups in total. The molecule has 1 aromatic heterocycles. The number of benzene rings is 4. The van der Waals surface area contributed by atoms with E-state index in [1.54, 1.807) is 60.7 Å². The SMILES string of the molecule is O=C(O)C(CC1(CC(C(=O)O)c2ccccc2)c2ccccc2-c2nc3cc(Cl)c(Cl)cc3nc21)c1ccccc1. The summed E-state index contributed by atoms with van der Waals surface area (Å²) in [4.78, 5) is 35.7. The first-order valence-electron chi connectivity index (χ1n) is 13.1. The maximum absolute atomic E-state index is 12.9. The lowest BCUT2D eigenvalue weighted by atomic mass is 9.66. The van der Waals surface area contributed by atoms with Gasteiger partial charge in [-0.25, -0.2) is 9.97 Å². The second-order valence-corrected chi connectivity index (χ2v) is 11.1. The number of hydrogen-bond donors (Lipinski definition) is 2. The second-order valence-electron chi connectivity index (χ2n) is 10.3. The van der Waals surface area contributed by atoms with Gasteiger partial charge in [0.15, 0.2) is 0 Å². The summed E-state index contributed by atoms with van der Waals surface area (Å²) in [7, 11) is 0. The van der Waals surface area contributed by atoms with Crippen LogP contribution in [0.1, 0.15) is 47.1 Å². The quantitative estimate of drug-likeness (QED) is 0.194. The van der Waals surface area contributed by atoms with Crippen molar-refractivity contribution in [3.63, 3.8) is 0 Å². The molecule has 1 heterocycles. The summed E-state index contributed by atoms with van der Waals surface area (Å²) < 4.78 is 0. The zero-order chi connectivity index (χ0) is 28.7. The van der Waals surface area contributed by atoms with Crippen molar-refractivity contribution in [1.82, 2.24) is 9.97 Å². The van der Waals surface area contributed by atoms with Crippen molar-refractivity contribution in [2.24, 2.45) is 0 Å². The van der Waals surface area contributed by atoms with Crippen molar-refractivity contribution in [3.8, 4) is 11.3 Å². The lowest BCUT2D eigenvalue weighted by Gasteiger charge is -2.36. The zero-order valence-corrected chi connectivity index (χ0v) is 23.2. The summed E-state index contributed by atoms with van der Waals surface area (Å²) in [6.45, 7) is 0. The van der Waals surface area contributed by atoms with Crippen molar-refractivity contribution in [3.05, 3.63) is 129 Å². The Morgan fingerprint density at radius 1 is 0.683 bits per heavy atom. The van der Waals surface area contributed by atoms with E-state index in [-0.39, 0.29) is 12.8 Å². The molecule has 5 aromatic rings. The van der Waals surface area contributed by atoms with E-state index in [2.05, 4.69) is 0 Å². The van der Waals surface area contributed by atoms with Crippen LogP contribution in [0.5, 0.6) is 0 Å². The highest BCUT2D eigenvalue weighted by atomic mass is 35.5. The smallest absolute Gasteiger partial charge is 0.311 e. The highest BCUT2D eigenvalue weighted by Crippen LogP contribution is 2.56. The van der Waals surface area contributed by atoms with Crippen LogP contribution < -0.4 is 0 Å². The molecular weight excluding hydrogens is 559 g/mol. The number of carboxylic acids is 2. The van der Waals surface area contributed by atoms with E-state index in [9.17, 15) is 19.8 Å². The molecule has 8 heteroatoms. The third-order valence-corrected chi connectivity index (χ3v) is 8.68. The standard InChI is InChI=1S/C33H24Cl2N2O4/c34-25-15-27-28(16-26(25)35)37-30-29(36-27)21-13-7-8-14-24(21)33(30,17-22(31(38)39)19-9-3-1-4-10-19)18-23(32(40)41)20-11-5-2-6-12-20/h1-16,22-23H,17-18H2,(H,38,39)(H,40,41). The zero-order valence-electron chi connectivity index (χ0n) is 21.7. The van der Waals surface area contributed by atoms with Crippen LogP contribution >= 0.6 is 23.2 Å². The van der Waals surface area contributed by atoms with Crippen LogP contribution in [0.2, 0.25) is 10.0 Å². The average molecular weight is 583 g/mol. The Kier molecular flexibility index (Phi) is 6.98. The molecule has 0 amide bonds. The molecule has 0 saturated carbocycles. The Bertz CT molecular complexity index is 1730. The largest absolute Gasteiger partial charge is 0.481 e. The predicted molar refractivity (Wildman–Crippen MR) is 159 cm³/mol. The van der Waals surface area contributed by atoms with Gasteiger partial charge in [-0.2, -0.15) is 0 Å². The molecule has 41 heavy (non-hydrogen) atoms. The second kappa shape index (κ2) is 10.6. The molecule has 4 aromatic carbocycles. The number of aromatic nitrogens is 2. The van der Waals surface area contributed by atoms with Gasteiger partial charge in [-0.1, -0.05) is 108 Å². The summed E-state index contributed by atoms with van der Waals surface area (Å²) in [5.74, 6) is -3.88. The number of aliphatic carboxylic acids is 2. The Morgan fingerprint density at radius 3 is 1.66 bits per heavy atom. The summed E-state index contributed by atoms with van der Waals surface area (Å²) >= 11 is 12.7. The lowest BCUT2D eigenvalue weighted by Crippen LogP contribution is -2.35. The molecule has 2 unspecified atom stereocenters. The van der Waals surface area contributed by atoms with Gasteiger partial charge in [0, 0.05) is 11.0 Å². The molecule has 1 aliphatic rings. The van der Waals surface area contributed by atoms with Crippen molar-refractivity contribution in [2.75, 3.05) is 0 Å².